The fourth-order valence-electron chi connectivity index (χ4n) is 3.62. The van der Waals surface area contributed by atoms with Crippen LogP contribution in [0.3, 0.4) is 0 Å². The predicted molar refractivity (Wildman–Crippen MR) is 123 cm³/mol. The number of alkyl halides is 5. The summed E-state index contributed by atoms with van der Waals surface area (Å²) in [4.78, 5) is 24.8. The van der Waals surface area contributed by atoms with Crippen molar-refractivity contribution in [3.05, 3.63) is 65.4 Å². The van der Waals surface area contributed by atoms with Crippen LogP contribution in [0, 0.1) is 6.92 Å². The summed E-state index contributed by atoms with van der Waals surface area (Å²) in [6.45, 7) is 1.72. The van der Waals surface area contributed by atoms with E-state index < -0.39 is 35.2 Å². The van der Waals surface area contributed by atoms with E-state index in [1.165, 1.54) is 16.8 Å². The molecule has 0 radical (unpaired) electrons. The molecule has 1 aliphatic carbocycles. The van der Waals surface area contributed by atoms with E-state index >= 15 is 0 Å². The number of halogens is 5. The third kappa shape index (κ3) is 5.47. The molecule has 7 nitrogen and oxygen atoms in total. The fourth-order valence-corrected chi connectivity index (χ4v) is 3.62. The lowest BCUT2D eigenvalue weighted by Gasteiger charge is -2.19. The van der Waals surface area contributed by atoms with E-state index in [1.54, 1.807) is 20.0 Å². The second kappa shape index (κ2) is 9.25. The number of aryl methyl sites for hydroxylation is 2. The van der Waals surface area contributed by atoms with Crippen molar-refractivity contribution in [2.75, 3.05) is 10.6 Å². The Kier molecular flexibility index (Phi) is 6.46. The molecule has 0 spiro atoms. The summed E-state index contributed by atoms with van der Waals surface area (Å²) in [5.74, 6) is -5.33. The quantitative estimate of drug-likeness (QED) is 0.389. The first kappa shape index (κ1) is 25.1. The monoisotopic (exact) mass is 507 g/mol. The fraction of sp³-hybridized carbons (Fsp3) is 0.292. The van der Waals surface area contributed by atoms with Crippen molar-refractivity contribution in [3.63, 3.8) is 0 Å². The lowest BCUT2D eigenvalue weighted by molar-refractivity contribution is -0.147. The van der Waals surface area contributed by atoms with Gasteiger partial charge < -0.3 is 16.0 Å². The van der Waals surface area contributed by atoms with Crippen LogP contribution < -0.4 is 16.0 Å². The van der Waals surface area contributed by atoms with Crippen molar-refractivity contribution >= 4 is 23.3 Å². The maximum absolute atomic E-state index is 14.9. The lowest BCUT2D eigenvalue weighted by atomic mass is 10.0. The number of nitrogens with one attached hydrogen (secondary N) is 3. The Bertz CT molecular complexity index is 1310. The number of hydrogen-bond acceptors (Lipinski definition) is 3. The van der Waals surface area contributed by atoms with Crippen LogP contribution in [0.25, 0.3) is 11.3 Å². The molecule has 3 aromatic rings. The molecule has 1 aliphatic rings. The van der Waals surface area contributed by atoms with E-state index in [2.05, 4.69) is 21.0 Å². The minimum atomic E-state index is -4.61. The molecule has 0 bridgehead atoms. The SMILES string of the molecule is Cc1cc(-c2ccc(C(F)(F)C(=O)NC3CC3)cc2NC(=O)Nc2cccc(C(F)(F)F)c2)n(C)n1. The molecule has 1 heterocycles. The van der Waals surface area contributed by atoms with Crippen LogP contribution in [0.2, 0.25) is 0 Å². The van der Waals surface area contributed by atoms with Crippen molar-refractivity contribution < 1.29 is 31.5 Å². The van der Waals surface area contributed by atoms with Crippen LogP contribution >= 0.6 is 0 Å². The van der Waals surface area contributed by atoms with E-state index in [9.17, 15) is 31.5 Å². The smallest absolute Gasteiger partial charge is 0.348 e. The first-order valence-corrected chi connectivity index (χ1v) is 10.9. The number of rotatable bonds is 6. The van der Waals surface area contributed by atoms with Gasteiger partial charge in [0.15, 0.2) is 0 Å². The average molecular weight is 507 g/mol. The summed E-state index contributed by atoms with van der Waals surface area (Å²) in [5, 5.41) is 11.2. The number of anilines is 2. The largest absolute Gasteiger partial charge is 0.416 e. The van der Waals surface area contributed by atoms with Gasteiger partial charge >= 0.3 is 18.1 Å². The van der Waals surface area contributed by atoms with E-state index in [0.717, 1.165) is 30.3 Å². The molecule has 36 heavy (non-hydrogen) atoms. The van der Waals surface area contributed by atoms with E-state index in [-0.39, 0.29) is 17.4 Å². The van der Waals surface area contributed by atoms with Crippen molar-refractivity contribution in [1.29, 1.82) is 0 Å². The number of amides is 3. The zero-order valence-corrected chi connectivity index (χ0v) is 19.2. The summed E-state index contributed by atoms with van der Waals surface area (Å²) in [7, 11) is 1.63. The summed E-state index contributed by atoms with van der Waals surface area (Å²) < 4.78 is 70.3. The molecule has 0 atom stereocenters. The van der Waals surface area contributed by atoms with Crippen molar-refractivity contribution in [2.24, 2.45) is 7.05 Å². The predicted octanol–water partition coefficient (Wildman–Crippen LogP) is 5.43. The van der Waals surface area contributed by atoms with Gasteiger partial charge in [-0.1, -0.05) is 18.2 Å². The first-order chi connectivity index (χ1) is 16.8. The second-order valence-corrected chi connectivity index (χ2v) is 8.53. The van der Waals surface area contributed by atoms with Gasteiger partial charge in [-0.3, -0.25) is 9.48 Å². The van der Waals surface area contributed by atoms with Crippen LogP contribution in [-0.4, -0.2) is 27.8 Å². The highest BCUT2D eigenvalue weighted by Crippen LogP contribution is 2.37. The topological polar surface area (TPSA) is 88.0 Å². The van der Waals surface area contributed by atoms with Crippen LogP contribution in [0.5, 0.6) is 0 Å². The number of hydrogen-bond donors (Lipinski definition) is 3. The van der Waals surface area contributed by atoms with Crippen LogP contribution in [-0.2, 0) is 23.9 Å². The maximum atomic E-state index is 14.9. The Balaban J connectivity index is 1.66. The van der Waals surface area contributed by atoms with Crippen LogP contribution in [0.1, 0.15) is 29.7 Å². The summed E-state index contributed by atoms with van der Waals surface area (Å²) in [5.41, 5.74) is -0.416. The summed E-state index contributed by atoms with van der Waals surface area (Å²) >= 11 is 0. The molecule has 4 rings (SSSR count). The number of carbonyl (C=O) groups excluding carboxylic acids is 2. The second-order valence-electron chi connectivity index (χ2n) is 8.53. The molecule has 0 unspecified atom stereocenters. The van der Waals surface area contributed by atoms with Gasteiger partial charge in [0.05, 0.1) is 22.6 Å². The van der Waals surface area contributed by atoms with Gasteiger partial charge in [0.1, 0.15) is 0 Å². The van der Waals surface area contributed by atoms with Gasteiger partial charge in [-0.05, 0) is 50.1 Å². The van der Waals surface area contributed by atoms with E-state index in [1.807, 2.05) is 0 Å². The maximum Gasteiger partial charge on any atom is 0.416 e. The van der Waals surface area contributed by atoms with Gasteiger partial charge in [-0.25, -0.2) is 4.79 Å². The minimum absolute atomic E-state index is 0.0844. The van der Waals surface area contributed by atoms with E-state index in [0.29, 0.717) is 29.8 Å². The molecule has 12 heteroatoms. The Labute approximate surface area is 202 Å². The number of aromatic nitrogens is 2. The molecule has 3 N–H and O–H groups in total. The molecule has 1 fully saturated rings. The van der Waals surface area contributed by atoms with Crippen LogP contribution in [0.4, 0.5) is 38.1 Å². The van der Waals surface area contributed by atoms with Crippen molar-refractivity contribution in [3.8, 4) is 11.3 Å². The summed E-state index contributed by atoms with van der Waals surface area (Å²) in [6.07, 6.45) is -3.36. The van der Waals surface area contributed by atoms with Gasteiger partial charge in [0.25, 0.3) is 5.91 Å². The zero-order valence-electron chi connectivity index (χ0n) is 19.2. The normalized spacial score (nSPS) is 13.9. The molecule has 3 amide bonds. The zero-order chi connectivity index (χ0) is 26.3. The molecule has 1 aromatic heterocycles. The van der Waals surface area contributed by atoms with Gasteiger partial charge in [0, 0.05) is 29.9 Å². The minimum Gasteiger partial charge on any atom is -0.348 e. The average Bonchev–Trinajstić information content (AvgIpc) is 3.54. The number of nitrogens with zero attached hydrogens (tertiary/aromatic N) is 2. The highest BCUT2D eigenvalue weighted by Gasteiger charge is 2.43. The third-order valence-electron chi connectivity index (χ3n) is 5.55. The van der Waals surface area contributed by atoms with Crippen molar-refractivity contribution in [2.45, 2.75) is 37.9 Å². The van der Waals surface area contributed by atoms with Gasteiger partial charge in [0.2, 0.25) is 0 Å². The molecular formula is C24H22F5N5O2. The lowest BCUT2D eigenvalue weighted by Crippen LogP contribution is -2.39. The Morgan fingerprint density at radius 1 is 0.972 bits per heavy atom. The molecule has 1 saturated carbocycles. The first-order valence-electron chi connectivity index (χ1n) is 10.9. The summed E-state index contributed by atoms with van der Waals surface area (Å²) in [6, 6.07) is 7.79. The van der Waals surface area contributed by atoms with Crippen LogP contribution in [0.15, 0.2) is 48.5 Å². The molecule has 0 aliphatic heterocycles. The highest BCUT2D eigenvalue weighted by molar-refractivity contribution is 6.02. The molecule has 2 aromatic carbocycles. The van der Waals surface area contributed by atoms with E-state index in [4.69, 9.17) is 0 Å². The number of carbonyl (C=O) groups is 2. The standard InChI is InChI=1S/C24H22F5N5O2/c1-13-10-20(34(2)33-13)18-9-6-14(23(25,26)21(35)30-16-7-8-16)12-19(18)32-22(36)31-17-5-3-4-15(11-17)24(27,28)29/h3-6,9-12,16H,7-8H2,1-2H3,(H,30,35)(H2,31,32,36). The molecular weight excluding hydrogens is 485 g/mol. The van der Waals surface area contributed by atoms with Gasteiger partial charge in [-0.15, -0.1) is 0 Å². The highest BCUT2D eigenvalue weighted by atomic mass is 19.4. The van der Waals surface area contributed by atoms with Gasteiger partial charge in [-0.2, -0.15) is 27.1 Å². The Morgan fingerprint density at radius 2 is 1.69 bits per heavy atom. The molecule has 190 valence electrons. The Morgan fingerprint density at radius 3 is 2.31 bits per heavy atom. The third-order valence-corrected chi connectivity index (χ3v) is 5.55. The van der Waals surface area contributed by atoms with Crippen molar-refractivity contribution in [1.82, 2.24) is 15.1 Å². The molecule has 0 saturated heterocycles. The number of benzene rings is 2. The Hall–Kier alpha value is -3.96. The number of urea groups is 1.